The van der Waals surface area contributed by atoms with E-state index in [4.69, 9.17) is 4.42 Å². The van der Waals surface area contributed by atoms with Crippen molar-refractivity contribution in [3.63, 3.8) is 0 Å². The molecule has 4 aliphatic rings. The summed E-state index contributed by atoms with van der Waals surface area (Å²) in [7, 11) is 0. The molecule has 2 atom stereocenters. The zero-order valence-electron chi connectivity index (χ0n) is 39.2. The Morgan fingerprint density at radius 2 is 1.17 bits per heavy atom. The predicted molar refractivity (Wildman–Crippen MR) is 276 cm³/mol. The van der Waals surface area contributed by atoms with Crippen molar-refractivity contribution in [3.05, 3.63) is 174 Å². The number of anilines is 7. The highest BCUT2D eigenvalue weighted by atomic mass is 16.4. The number of furan rings is 1. The molecule has 1 aromatic heterocycles. The predicted octanol–water partition coefficient (Wildman–Crippen LogP) is 15.1. The summed E-state index contributed by atoms with van der Waals surface area (Å²) in [6.07, 6.45) is 4.77. The van der Waals surface area contributed by atoms with Crippen LogP contribution in [0.25, 0.3) is 33.2 Å². The van der Waals surface area contributed by atoms with Gasteiger partial charge in [-0.15, -0.1) is 0 Å². The second-order valence-corrected chi connectivity index (χ2v) is 21.7. The molecule has 3 aliphatic heterocycles. The molecule has 12 rings (SSSR count). The molecular weight excluding hydrogens is 789 g/mol. The quantitative estimate of drug-likeness (QED) is 0.161. The fraction of sp³-hybridized carbons (Fsp3) is 0.267. The number of fused-ring (bicyclic) bond motifs is 9. The molecule has 0 radical (unpaired) electrons. The van der Waals surface area contributed by atoms with Crippen LogP contribution in [0.3, 0.4) is 0 Å². The van der Waals surface area contributed by atoms with E-state index < -0.39 is 0 Å². The number of rotatable bonds is 5. The molecule has 0 bridgehead atoms. The Morgan fingerprint density at radius 3 is 1.85 bits per heavy atom. The molecule has 0 spiro atoms. The second kappa shape index (κ2) is 14.0. The van der Waals surface area contributed by atoms with Gasteiger partial charge in [-0.2, -0.15) is 0 Å². The van der Waals surface area contributed by atoms with E-state index >= 15 is 0 Å². The van der Waals surface area contributed by atoms with Crippen LogP contribution in [-0.2, 0) is 16.2 Å². The van der Waals surface area contributed by atoms with Crippen LogP contribution in [0.15, 0.2) is 162 Å². The summed E-state index contributed by atoms with van der Waals surface area (Å²) in [6.45, 7) is 19.2. The Bertz CT molecular complexity index is 3140. The Morgan fingerprint density at radius 1 is 0.554 bits per heavy atom. The van der Waals surface area contributed by atoms with E-state index in [1.54, 1.807) is 0 Å². The van der Waals surface area contributed by atoms with Gasteiger partial charge in [0.1, 0.15) is 5.58 Å². The van der Waals surface area contributed by atoms with Gasteiger partial charge in [0.2, 0.25) is 5.88 Å². The fourth-order valence-electron chi connectivity index (χ4n) is 12.2. The Labute approximate surface area is 385 Å². The Hall–Kier alpha value is -6.46. The largest absolute Gasteiger partial charge is 0.440 e. The standard InChI is InChI=1S/C60H58BN3O/c1-57(2,3)40-30-31-50(46(34-40)39-22-12-9-13-23-39)63-51-38-44(62(42-24-14-10-15-25-42)43-26-16-11-17-27-43)37-47-48-35-41(58(4,5)6)36-49-55(48)64(60(8)33-21-20-32-59(49,60)7)61(53(47)51)54-45-28-18-19-29-52(45)65-56(54)63/h9-19,22-31,34-38H,20-21,32-33H2,1-8H3. The van der Waals surface area contributed by atoms with Crippen LogP contribution < -0.4 is 25.5 Å². The van der Waals surface area contributed by atoms with Crippen LogP contribution in [0.2, 0.25) is 0 Å². The number of nitrogens with zero attached hydrogens (tertiary/aromatic N) is 3. The molecule has 4 heterocycles. The number of hydrogen-bond donors (Lipinski definition) is 0. The third-order valence-corrected chi connectivity index (χ3v) is 15.9. The molecule has 0 N–H and O–H groups in total. The van der Waals surface area contributed by atoms with Crippen molar-refractivity contribution in [3.8, 4) is 22.3 Å². The average molecular weight is 848 g/mol. The molecule has 2 unspecified atom stereocenters. The van der Waals surface area contributed by atoms with Gasteiger partial charge in [0.25, 0.3) is 0 Å². The molecule has 322 valence electrons. The van der Waals surface area contributed by atoms with Crippen molar-refractivity contribution in [1.82, 2.24) is 0 Å². The zero-order valence-corrected chi connectivity index (χ0v) is 39.2. The monoisotopic (exact) mass is 847 g/mol. The number of benzene rings is 7. The Kier molecular flexibility index (Phi) is 8.65. The third-order valence-electron chi connectivity index (χ3n) is 15.9. The first-order chi connectivity index (χ1) is 31.3. The van der Waals surface area contributed by atoms with Gasteiger partial charge in [0.15, 0.2) is 0 Å². The molecule has 0 amide bonds. The van der Waals surface area contributed by atoms with Crippen molar-refractivity contribution < 1.29 is 4.42 Å². The van der Waals surface area contributed by atoms with Gasteiger partial charge in [0.05, 0.1) is 5.69 Å². The lowest BCUT2D eigenvalue weighted by atomic mass is 9.42. The molecule has 1 fully saturated rings. The summed E-state index contributed by atoms with van der Waals surface area (Å²) >= 11 is 0. The summed E-state index contributed by atoms with van der Waals surface area (Å²) in [5.74, 6) is 0.905. The molecule has 0 saturated heterocycles. The lowest BCUT2D eigenvalue weighted by Crippen LogP contribution is -2.70. The summed E-state index contributed by atoms with van der Waals surface area (Å²) in [5, 5.41) is 1.19. The highest BCUT2D eigenvalue weighted by Gasteiger charge is 2.64. The lowest BCUT2D eigenvalue weighted by Gasteiger charge is -2.54. The molecule has 7 aromatic carbocycles. The fourth-order valence-corrected chi connectivity index (χ4v) is 12.2. The molecule has 1 saturated carbocycles. The van der Waals surface area contributed by atoms with Gasteiger partial charge < -0.3 is 14.1 Å². The van der Waals surface area contributed by atoms with Crippen molar-refractivity contribution in [1.29, 1.82) is 0 Å². The maximum atomic E-state index is 7.41. The highest BCUT2D eigenvalue weighted by molar-refractivity contribution is 6.94. The van der Waals surface area contributed by atoms with Gasteiger partial charge >= 0.3 is 6.85 Å². The summed E-state index contributed by atoms with van der Waals surface area (Å²) < 4.78 is 7.41. The van der Waals surface area contributed by atoms with E-state index in [0.717, 1.165) is 46.3 Å². The molecule has 5 heteroatoms. The molecule has 4 nitrogen and oxygen atoms in total. The SMILES string of the molecule is CC(C)(C)c1ccc(N2c3cc(N(c4ccccc4)c4ccccc4)cc4c3B(c3c2oc2ccccc32)N2c3c-4cc(C(C)(C)C)cc3C3(C)CCCCC23C)c(-c2ccccc2)c1. The van der Waals surface area contributed by atoms with E-state index in [9.17, 15) is 0 Å². The van der Waals surface area contributed by atoms with Crippen LogP contribution >= 0.6 is 0 Å². The first-order valence-electron chi connectivity index (χ1n) is 23.8. The van der Waals surface area contributed by atoms with Gasteiger partial charge in [-0.25, -0.2) is 0 Å². The summed E-state index contributed by atoms with van der Waals surface area (Å²) in [6, 6.07) is 58.9. The van der Waals surface area contributed by atoms with E-state index in [-0.39, 0.29) is 28.6 Å². The van der Waals surface area contributed by atoms with Crippen molar-refractivity contribution in [2.24, 2.45) is 0 Å². The number of para-hydroxylation sites is 3. The first-order valence-corrected chi connectivity index (χ1v) is 23.8. The lowest BCUT2D eigenvalue weighted by molar-refractivity contribution is 0.199. The van der Waals surface area contributed by atoms with Crippen molar-refractivity contribution >= 4 is 68.8 Å². The first kappa shape index (κ1) is 40.1. The zero-order chi connectivity index (χ0) is 44.6. The minimum absolute atomic E-state index is 0.0398. The smallest absolute Gasteiger partial charge is 0.333 e. The van der Waals surface area contributed by atoms with E-state index in [1.807, 2.05) is 0 Å². The van der Waals surface area contributed by atoms with Crippen molar-refractivity contribution in [2.45, 2.75) is 103 Å². The second-order valence-electron chi connectivity index (χ2n) is 21.7. The summed E-state index contributed by atoms with van der Waals surface area (Å²) in [5.41, 5.74) is 19.5. The van der Waals surface area contributed by atoms with Crippen LogP contribution in [0.4, 0.5) is 40.0 Å². The van der Waals surface area contributed by atoms with Crippen LogP contribution in [0.1, 0.15) is 97.8 Å². The van der Waals surface area contributed by atoms with Gasteiger partial charge in [-0.3, -0.25) is 4.90 Å². The average Bonchev–Trinajstić information content (AvgIpc) is 3.78. The van der Waals surface area contributed by atoms with E-state index in [0.29, 0.717) is 0 Å². The number of hydrogen-bond acceptors (Lipinski definition) is 4. The Balaban J connectivity index is 1.26. The molecule has 65 heavy (non-hydrogen) atoms. The molecular formula is C60H58BN3O. The minimum atomic E-state index is -0.126. The van der Waals surface area contributed by atoms with Crippen LogP contribution in [0, 0.1) is 0 Å². The van der Waals surface area contributed by atoms with E-state index in [2.05, 4.69) is 228 Å². The maximum Gasteiger partial charge on any atom is 0.333 e. The maximum absolute atomic E-state index is 7.41. The van der Waals surface area contributed by atoms with Crippen LogP contribution in [0.5, 0.6) is 0 Å². The third kappa shape index (κ3) is 5.76. The van der Waals surface area contributed by atoms with E-state index in [1.165, 1.54) is 80.2 Å². The van der Waals surface area contributed by atoms with Crippen LogP contribution in [-0.4, -0.2) is 12.4 Å². The molecule has 1 aliphatic carbocycles. The topological polar surface area (TPSA) is 22.9 Å². The summed E-state index contributed by atoms with van der Waals surface area (Å²) in [4.78, 5) is 7.89. The highest BCUT2D eigenvalue weighted by Crippen LogP contribution is 2.64. The normalized spacial score (nSPS) is 19.5. The van der Waals surface area contributed by atoms with Gasteiger partial charge in [0, 0.05) is 61.4 Å². The van der Waals surface area contributed by atoms with Crippen molar-refractivity contribution in [2.75, 3.05) is 14.6 Å². The van der Waals surface area contributed by atoms with Gasteiger partial charge in [-0.1, -0.05) is 158 Å². The molecule has 8 aromatic rings. The minimum Gasteiger partial charge on any atom is -0.440 e. The van der Waals surface area contributed by atoms with Gasteiger partial charge in [-0.05, 0) is 125 Å².